The van der Waals surface area contributed by atoms with Crippen LogP contribution in [0.5, 0.6) is 0 Å². The zero-order valence-corrected chi connectivity index (χ0v) is 18.1. The van der Waals surface area contributed by atoms with Crippen molar-refractivity contribution in [3.05, 3.63) is 58.7 Å². The Hall–Kier alpha value is -1.67. The number of fused-ring (bicyclic) bond motifs is 5. The van der Waals surface area contributed by atoms with E-state index in [1.807, 2.05) is 19.1 Å². The summed E-state index contributed by atoms with van der Waals surface area (Å²) in [6.45, 7) is 5.98. The van der Waals surface area contributed by atoms with Crippen molar-refractivity contribution in [1.82, 2.24) is 0 Å². The molecule has 4 aliphatic rings. The monoisotopic (exact) mass is 390 g/mol. The molecule has 2 heteroatoms. The van der Waals surface area contributed by atoms with Gasteiger partial charge in [-0.3, -0.25) is 4.79 Å². The second kappa shape index (κ2) is 6.67. The van der Waals surface area contributed by atoms with E-state index in [4.69, 9.17) is 0 Å². The first-order valence-electron chi connectivity index (χ1n) is 11.5. The van der Waals surface area contributed by atoms with E-state index in [9.17, 15) is 9.90 Å². The van der Waals surface area contributed by atoms with Crippen molar-refractivity contribution in [3.8, 4) is 0 Å². The van der Waals surface area contributed by atoms with Crippen LogP contribution in [-0.4, -0.2) is 16.5 Å². The number of benzene rings is 1. The highest BCUT2D eigenvalue weighted by molar-refractivity contribution is 5.94. The molecule has 1 N–H and O–H groups in total. The Morgan fingerprint density at radius 1 is 1.03 bits per heavy atom. The Kier molecular flexibility index (Phi) is 4.44. The van der Waals surface area contributed by atoms with Crippen LogP contribution in [0.2, 0.25) is 0 Å². The molecule has 0 radical (unpaired) electrons. The summed E-state index contributed by atoms with van der Waals surface area (Å²) in [5.74, 6) is 2.44. The molecule has 1 aromatic carbocycles. The second-order valence-electron chi connectivity index (χ2n) is 10.5. The van der Waals surface area contributed by atoms with E-state index in [-0.39, 0.29) is 11.2 Å². The molecule has 4 aliphatic carbocycles. The van der Waals surface area contributed by atoms with Gasteiger partial charge < -0.3 is 5.11 Å². The van der Waals surface area contributed by atoms with E-state index >= 15 is 0 Å². The molecule has 0 aromatic heterocycles. The van der Waals surface area contributed by atoms with Gasteiger partial charge in [-0.1, -0.05) is 60.9 Å². The minimum Gasteiger partial charge on any atom is -0.389 e. The third kappa shape index (κ3) is 2.82. The van der Waals surface area contributed by atoms with Crippen molar-refractivity contribution >= 4 is 5.78 Å². The van der Waals surface area contributed by atoms with Crippen molar-refractivity contribution in [3.63, 3.8) is 0 Å². The van der Waals surface area contributed by atoms with Crippen LogP contribution in [0.15, 0.2) is 47.6 Å². The van der Waals surface area contributed by atoms with Crippen LogP contribution in [0.4, 0.5) is 0 Å². The van der Waals surface area contributed by atoms with E-state index in [1.54, 1.807) is 12.5 Å². The first-order valence-corrected chi connectivity index (χ1v) is 11.5. The first kappa shape index (κ1) is 19.3. The van der Waals surface area contributed by atoms with Crippen LogP contribution in [0.1, 0.15) is 87.6 Å². The second-order valence-corrected chi connectivity index (χ2v) is 10.5. The molecular weight excluding hydrogens is 356 g/mol. The Morgan fingerprint density at radius 2 is 1.79 bits per heavy atom. The molecule has 0 saturated heterocycles. The van der Waals surface area contributed by atoms with Gasteiger partial charge in [0.2, 0.25) is 0 Å². The molecule has 0 aliphatic heterocycles. The molecule has 0 heterocycles. The zero-order valence-electron chi connectivity index (χ0n) is 18.1. The molecule has 2 nitrogen and oxygen atoms in total. The number of Topliss-reactive ketones (excluding diaryl/α,β-unsaturated/α-hetero) is 1. The van der Waals surface area contributed by atoms with Crippen LogP contribution in [0, 0.1) is 23.2 Å². The third-order valence-corrected chi connectivity index (χ3v) is 9.05. The zero-order chi connectivity index (χ0) is 20.4. The van der Waals surface area contributed by atoms with Gasteiger partial charge in [0.05, 0.1) is 5.60 Å². The van der Waals surface area contributed by atoms with Gasteiger partial charge >= 0.3 is 0 Å². The van der Waals surface area contributed by atoms with Gasteiger partial charge in [-0.2, -0.15) is 0 Å². The van der Waals surface area contributed by atoms with Crippen LogP contribution >= 0.6 is 0 Å². The summed E-state index contributed by atoms with van der Waals surface area (Å²) in [6.07, 6.45) is 13.1. The SMILES string of the molecule is CC(=O)c1ccc([C@H]2C[C@@]3(C)C(=CC[C@]3(C)O)[C@@H]3CC=C4CCCC[C@@H]4[C@@H]23)cc1. The Labute approximate surface area is 175 Å². The van der Waals surface area contributed by atoms with Crippen molar-refractivity contribution in [2.24, 2.45) is 23.2 Å². The molecular formula is C27H34O2. The summed E-state index contributed by atoms with van der Waals surface area (Å²) in [6, 6.07) is 8.41. The number of carbonyl (C=O) groups excluding carboxylic acids is 1. The molecule has 0 spiro atoms. The molecule has 2 fully saturated rings. The highest BCUT2D eigenvalue weighted by Crippen LogP contribution is 2.65. The smallest absolute Gasteiger partial charge is 0.159 e. The summed E-state index contributed by atoms with van der Waals surface area (Å²) in [7, 11) is 0. The summed E-state index contributed by atoms with van der Waals surface area (Å²) in [4.78, 5) is 11.8. The van der Waals surface area contributed by atoms with Crippen molar-refractivity contribution in [2.45, 2.75) is 77.2 Å². The fraction of sp³-hybridized carbons (Fsp3) is 0.593. The number of rotatable bonds is 2. The van der Waals surface area contributed by atoms with E-state index in [1.165, 1.54) is 36.8 Å². The minimum absolute atomic E-state index is 0.129. The lowest BCUT2D eigenvalue weighted by Crippen LogP contribution is -2.51. The standard InChI is InChI=1S/C27H34O2/c1-17(28)18-8-10-20(11-9-18)23-16-26(2)24(14-15-27(26,3)29)22-13-12-19-6-4-5-7-21(19)25(22)23/h8-12,14,21-23,25,29H,4-7,13,15-16H2,1-3H3/t21-,22-,23+,25+,26-,27-/m0/s1. The lowest BCUT2D eigenvalue weighted by Gasteiger charge is -2.56. The number of ketones is 1. The summed E-state index contributed by atoms with van der Waals surface area (Å²) in [5, 5.41) is 11.3. The maximum absolute atomic E-state index is 11.8. The predicted octanol–water partition coefficient (Wildman–Crippen LogP) is 6.22. The third-order valence-electron chi connectivity index (χ3n) is 9.05. The molecule has 1 aromatic rings. The van der Waals surface area contributed by atoms with Crippen LogP contribution in [0.25, 0.3) is 0 Å². The fourth-order valence-corrected chi connectivity index (χ4v) is 7.22. The van der Waals surface area contributed by atoms with Gasteiger partial charge in [0, 0.05) is 11.0 Å². The van der Waals surface area contributed by atoms with Gasteiger partial charge in [-0.25, -0.2) is 0 Å². The van der Waals surface area contributed by atoms with E-state index in [2.05, 4.69) is 31.2 Å². The Balaban J connectivity index is 1.60. The molecule has 29 heavy (non-hydrogen) atoms. The van der Waals surface area contributed by atoms with E-state index in [0.29, 0.717) is 23.7 Å². The van der Waals surface area contributed by atoms with Crippen LogP contribution in [0.3, 0.4) is 0 Å². The first-order chi connectivity index (χ1) is 13.8. The topological polar surface area (TPSA) is 37.3 Å². The lowest BCUT2D eigenvalue weighted by molar-refractivity contribution is -0.0595. The van der Waals surface area contributed by atoms with Crippen LogP contribution < -0.4 is 0 Å². The van der Waals surface area contributed by atoms with Gasteiger partial charge in [-0.15, -0.1) is 0 Å². The summed E-state index contributed by atoms with van der Waals surface area (Å²) < 4.78 is 0. The average molecular weight is 391 g/mol. The molecule has 2 saturated carbocycles. The number of aliphatic hydroxyl groups is 1. The van der Waals surface area contributed by atoms with Gasteiger partial charge in [0.1, 0.15) is 0 Å². The normalized spacial score (nSPS) is 41.0. The summed E-state index contributed by atoms with van der Waals surface area (Å²) >= 11 is 0. The number of allylic oxidation sites excluding steroid dienone is 2. The van der Waals surface area contributed by atoms with E-state index < -0.39 is 5.60 Å². The molecule has 0 bridgehead atoms. The highest BCUT2D eigenvalue weighted by atomic mass is 16.3. The summed E-state index contributed by atoms with van der Waals surface area (Å²) in [5.41, 5.74) is 4.57. The molecule has 0 amide bonds. The highest BCUT2D eigenvalue weighted by Gasteiger charge is 2.59. The molecule has 6 atom stereocenters. The number of carbonyl (C=O) groups is 1. The van der Waals surface area contributed by atoms with Crippen molar-refractivity contribution in [1.29, 1.82) is 0 Å². The quantitative estimate of drug-likeness (QED) is 0.481. The lowest BCUT2D eigenvalue weighted by atomic mass is 9.49. The number of hydrogen-bond donors (Lipinski definition) is 1. The maximum atomic E-state index is 11.8. The van der Waals surface area contributed by atoms with Gasteiger partial charge in [0.25, 0.3) is 0 Å². The van der Waals surface area contributed by atoms with E-state index in [0.717, 1.165) is 24.8 Å². The average Bonchev–Trinajstić information content (AvgIpc) is 2.96. The minimum atomic E-state index is -0.665. The Morgan fingerprint density at radius 3 is 2.52 bits per heavy atom. The van der Waals surface area contributed by atoms with Crippen molar-refractivity contribution < 1.29 is 9.90 Å². The molecule has 0 unspecified atom stereocenters. The molecule has 5 rings (SSSR count). The van der Waals surface area contributed by atoms with Gasteiger partial charge in [0.15, 0.2) is 5.78 Å². The maximum Gasteiger partial charge on any atom is 0.159 e. The van der Waals surface area contributed by atoms with Crippen LogP contribution in [-0.2, 0) is 0 Å². The largest absolute Gasteiger partial charge is 0.389 e. The van der Waals surface area contributed by atoms with Crippen molar-refractivity contribution in [2.75, 3.05) is 0 Å². The molecule has 154 valence electrons. The fourth-order valence-electron chi connectivity index (χ4n) is 7.22. The van der Waals surface area contributed by atoms with Gasteiger partial charge in [-0.05, 0) is 81.6 Å². The number of hydrogen-bond acceptors (Lipinski definition) is 2. The Bertz CT molecular complexity index is 888. The predicted molar refractivity (Wildman–Crippen MR) is 117 cm³/mol.